The van der Waals surface area contributed by atoms with E-state index in [-0.39, 0.29) is 12.1 Å². The first-order chi connectivity index (χ1) is 6.15. The molecule has 1 aromatic heterocycles. The van der Waals surface area contributed by atoms with Gasteiger partial charge in [-0.3, -0.25) is 0 Å². The van der Waals surface area contributed by atoms with Crippen molar-refractivity contribution in [3.63, 3.8) is 0 Å². The minimum atomic E-state index is -0.00852. The molecule has 0 bridgehead atoms. The van der Waals surface area contributed by atoms with Gasteiger partial charge in [0.1, 0.15) is 0 Å². The van der Waals surface area contributed by atoms with Gasteiger partial charge in [-0.1, -0.05) is 0 Å². The molecule has 13 heavy (non-hydrogen) atoms. The Balaban J connectivity index is 2.48. The Bertz CT molecular complexity index is 317. The molecule has 1 N–H and O–H groups in total. The van der Waals surface area contributed by atoms with Crippen molar-refractivity contribution in [3.8, 4) is 5.88 Å². The van der Waals surface area contributed by atoms with Crippen LogP contribution in [0.2, 0.25) is 0 Å². The third kappa shape index (κ3) is 1.21. The molecule has 0 radical (unpaired) electrons. The number of ether oxygens (including phenoxy) is 1. The lowest BCUT2D eigenvalue weighted by Crippen LogP contribution is -2.34. The maximum absolute atomic E-state index is 9.02. The van der Waals surface area contributed by atoms with E-state index in [4.69, 9.17) is 9.84 Å². The zero-order chi connectivity index (χ0) is 9.47. The van der Waals surface area contributed by atoms with Gasteiger partial charge in [0.05, 0.1) is 30.5 Å². The summed E-state index contributed by atoms with van der Waals surface area (Å²) in [6.45, 7) is 4.93. The standard InChI is InChI=1S/C9H14N2O2/c1-9(2)3-4-13-8-7(6-12)5-10-11(8)9/h5,12H,3-4,6H2,1-2H3. The van der Waals surface area contributed by atoms with Gasteiger partial charge in [0.2, 0.25) is 5.88 Å². The number of hydrogen-bond acceptors (Lipinski definition) is 3. The average Bonchev–Trinajstić information content (AvgIpc) is 2.48. The first kappa shape index (κ1) is 8.56. The van der Waals surface area contributed by atoms with Crippen LogP contribution in [0.15, 0.2) is 6.20 Å². The van der Waals surface area contributed by atoms with Gasteiger partial charge in [0.15, 0.2) is 0 Å². The molecule has 72 valence electrons. The van der Waals surface area contributed by atoms with Crippen molar-refractivity contribution < 1.29 is 9.84 Å². The van der Waals surface area contributed by atoms with Crippen LogP contribution in [-0.4, -0.2) is 21.5 Å². The highest BCUT2D eigenvalue weighted by molar-refractivity contribution is 5.25. The predicted molar refractivity (Wildman–Crippen MR) is 47.6 cm³/mol. The summed E-state index contributed by atoms with van der Waals surface area (Å²) >= 11 is 0. The third-order valence-corrected chi connectivity index (χ3v) is 2.49. The fourth-order valence-corrected chi connectivity index (χ4v) is 1.57. The number of hydrogen-bond donors (Lipinski definition) is 1. The van der Waals surface area contributed by atoms with Crippen LogP contribution in [0, 0.1) is 0 Å². The third-order valence-electron chi connectivity index (χ3n) is 2.49. The van der Waals surface area contributed by atoms with Gasteiger partial charge in [0, 0.05) is 6.42 Å². The molecular formula is C9H14N2O2. The summed E-state index contributed by atoms with van der Waals surface area (Å²) in [5, 5.41) is 13.2. The second kappa shape index (κ2) is 2.73. The molecule has 0 amide bonds. The summed E-state index contributed by atoms with van der Waals surface area (Å²) < 4.78 is 7.31. The van der Waals surface area contributed by atoms with Gasteiger partial charge in [-0.05, 0) is 13.8 Å². The van der Waals surface area contributed by atoms with Gasteiger partial charge in [-0.25, -0.2) is 4.68 Å². The van der Waals surface area contributed by atoms with E-state index < -0.39 is 0 Å². The monoisotopic (exact) mass is 182 g/mol. The maximum Gasteiger partial charge on any atom is 0.217 e. The zero-order valence-corrected chi connectivity index (χ0v) is 7.95. The molecule has 2 heterocycles. The second-order valence-corrected chi connectivity index (χ2v) is 3.96. The molecule has 1 aliphatic heterocycles. The fourth-order valence-electron chi connectivity index (χ4n) is 1.57. The number of rotatable bonds is 1. The molecule has 1 aromatic rings. The Kier molecular flexibility index (Phi) is 1.80. The van der Waals surface area contributed by atoms with Crippen LogP contribution >= 0.6 is 0 Å². The summed E-state index contributed by atoms with van der Waals surface area (Å²) in [5.74, 6) is 0.721. The van der Waals surface area contributed by atoms with E-state index in [0.29, 0.717) is 6.61 Å². The summed E-state index contributed by atoms with van der Waals surface area (Å²) in [4.78, 5) is 0. The molecule has 4 heteroatoms. The van der Waals surface area contributed by atoms with Crippen molar-refractivity contribution >= 4 is 0 Å². The summed E-state index contributed by atoms with van der Waals surface area (Å²) in [6, 6.07) is 0. The average molecular weight is 182 g/mol. The summed E-state index contributed by atoms with van der Waals surface area (Å²) in [5.41, 5.74) is 0.772. The lowest BCUT2D eigenvalue weighted by molar-refractivity contribution is 0.134. The molecule has 2 rings (SSSR count). The van der Waals surface area contributed by atoms with E-state index in [9.17, 15) is 0 Å². The van der Waals surface area contributed by atoms with Crippen LogP contribution in [0.25, 0.3) is 0 Å². The van der Waals surface area contributed by atoms with Crippen LogP contribution in [-0.2, 0) is 12.1 Å². The van der Waals surface area contributed by atoms with Gasteiger partial charge in [0.25, 0.3) is 0 Å². The maximum atomic E-state index is 9.02. The molecule has 0 fully saturated rings. The number of aromatic nitrogens is 2. The van der Waals surface area contributed by atoms with Crippen LogP contribution in [0.4, 0.5) is 0 Å². The first-order valence-corrected chi connectivity index (χ1v) is 4.46. The van der Waals surface area contributed by atoms with E-state index in [1.54, 1.807) is 6.20 Å². The van der Waals surface area contributed by atoms with Gasteiger partial charge in [-0.2, -0.15) is 5.10 Å². The smallest absolute Gasteiger partial charge is 0.217 e. The Morgan fingerprint density at radius 1 is 1.69 bits per heavy atom. The molecule has 0 aromatic carbocycles. The topological polar surface area (TPSA) is 47.3 Å². The Morgan fingerprint density at radius 2 is 2.46 bits per heavy atom. The zero-order valence-electron chi connectivity index (χ0n) is 7.95. The summed E-state index contributed by atoms with van der Waals surface area (Å²) in [7, 11) is 0. The molecule has 0 aliphatic carbocycles. The minimum absolute atomic E-state index is 0.000995. The van der Waals surface area contributed by atoms with Crippen LogP contribution in [0.3, 0.4) is 0 Å². The lowest BCUT2D eigenvalue weighted by atomic mass is 10.0. The highest BCUT2D eigenvalue weighted by atomic mass is 16.5. The van der Waals surface area contributed by atoms with E-state index in [1.807, 2.05) is 4.68 Å². The lowest BCUT2D eigenvalue weighted by Gasteiger charge is -2.31. The van der Waals surface area contributed by atoms with Crippen molar-refractivity contribution in [1.82, 2.24) is 9.78 Å². The number of aliphatic hydroxyl groups is 1. The van der Waals surface area contributed by atoms with Gasteiger partial charge < -0.3 is 9.84 Å². The number of nitrogens with zero attached hydrogens (tertiary/aromatic N) is 2. The number of fused-ring (bicyclic) bond motifs is 1. The largest absolute Gasteiger partial charge is 0.477 e. The van der Waals surface area contributed by atoms with Crippen molar-refractivity contribution in [2.24, 2.45) is 0 Å². The van der Waals surface area contributed by atoms with Crippen molar-refractivity contribution in [1.29, 1.82) is 0 Å². The number of aliphatic hydroxyl groups excluding tert-OH is 1. The molecule has 0 atom stereocenters. The molecule has 0 saturated heterocycles. The minimum Gasteiger partial charge on any atom is -0.477 e. The highest BCUT2D eigenvalue weighted by Gasteiger charge is 2.30. The molecule has 1 aliphatic rings. The van der Waals surface area contributed by atoms with Crippen LogP contribution < -0.4 is 4.74 Å². The summed E-state index contributed by atoms with van der Waals surface area (Å²) in [6.07, 6.45) is 2.62. The van der Waals surface area contributed by atoms with Crippen molar-refractivity contribution in [2.45, 2.75) is 32.4 Å². The van der Waals surface area contributed by atoms with E-state index in [0.717, 1.165) is 17.9 Å². The van der Waals surface area contributed by atoms with Gasteiger partial charge in [-0.15, -0.1) is 0 Å². The second-order valence-electron chi connectivity index (χ2n) is 3.96. The predicted octanol–water partition coefficient (Wildman–Crippen LogP) is 0.893. The van der Waals surface area contributed by atoms with Crippen molar-refractivity contribution in [2.75, 3.05) is 6.61 Å². The van der Waals surface area contributed by atoms with E-state index in [1.165, 1.54) is 0 Å². The van der Waals surface area contributed by atoms with E-state index >= 15 is 0 Å². The van der Waals surface area contributed by atoms with Crippen LogP contribution in [0.1, 0.15) is 25.8 Å². The molecule has 0 spiro atoms. The fraction of sp³-hybridized carbons (Fsp3) is 0.667. The normalized spacial score (nSPS) is 19.3. The Hall–Kier alpha value is -1.03. The molecule has 4 nitrogen and oxygen atoms in total. The highest BCUT2D eigenvalue weighted by Crippen LogP contribution is 2.32. The Morgan fingerprint density at radius 3 is 3.15 bits per heavy atom. The molecule has 0 saturated carbocycles. The Labute approximate surface area is 77.1 Å². The first-order valence-electron chi connectivity index (χ1n) is 4.46. The van der Waals surface area contributed by atoms with E-state index in [2.05, 4.69) is 18.9 Å². The SMILES string of the molecule is CC1(C)CCOc2c(CO)cnn21. The molecule has 0 unspecified atom stereocenters. The van der Waals surface area contributed by atoms with Crippen LogP contribution in [0.5, 0.6) is 5.88 Å². The molecular weight excluding hydrogens is 168 g/mol. The van der Waals surface area contributed by atoms with Gasteiger partial charge >= 0.3 is 0 Å². The van der Waals surface area contributed by atoms with Crippen molar-refractivity contribution in [3.05, 3.63) is 11.8 Å². The quantitative estimate of drug-likeness (QED) is 0.701.